The van der Waals surface area contributed by atoms with E-state index in [0.29, 0.717) is 6.73 Å². The fraction of sp³-hybridized carbons (Fsp3) is 0.350. The average molecular weight is 324 g/mol. The fourth-order valence-electron chi connectivity index (χ4n) is 2.83. The standard InChI is InChI=1S/C20H24N2O2/c1-14(23)21-17-6-8-18(9-7-17)22-12-15-11-16(20(2,3)4)5-10-19(15)24-13-22/h5-11H,12-13H2,1-4H3,(H,21,23). The molecule has 1 amide bonds. The topological polar surface area (TPSA) is 41.6 Å². The molecule has 0 radical (unpaired) electrons. The zero-order chi connectivity index (χ0) is 17.3. The number of carbonyl (C=O) groups is 1. The first-order chi connectivity index (χ1) is 11.3. The number of fused-ring (bicyclic) bond motifs is 1. The lowest BCUT2D eigenvalue weighted by molar-refractivity contribution is -0.114. The van der Waals surface area contributed by atoms with E-state index in [1.165, 1.54) is 18.1 Å². The van der Waals surface area contributed by atoms with Gasteiger partial charge in [-0.2, -0.15) is 0 Å². The molecular weight excluding hydrogens is 300 g/mol. The second-order valence-corrected chi connectivity index (χ2v) is 7.27. The van der Waals surface area contributed by atoms with Gasteiger partial charge < -0.3 is 15.0 Å². The van der Waals surface area contributed by atoms with Crippen LogP contribution in [0.25, 0.3) is 0 Å². The maximum atomic E-state index is 11.1. The second kappa shape index (κ2) is 6.19. The molecule has 3 rings (SSSR count). The quantitative estimate of drug-likeness (QED) is 0.895. The minimum atomic E-state index is -0.0623. The Morgan fingerprint density at radius 1 is 1.12 bits per heavy atom. The Kier molecular flexibility index (Phi) is 4.22. The molecule has 0 spiro atoms. The highest BCUT2D eigenvalue weighted by Gasteiger charge is 2.21. The number of hydrogen-bond donors (Lipinski definition) is 1. The van der Waals surface area contributed by atoms with E-state index < -0.39 is 0 Å². The van der Waals surface area contributed by atoms with E-state index in [1.807, 2.05) is 24.3 Å². The molecule has 0 aromatic heterocycles. The molecule has 24 heavy (non-hydrogen) atoms. The summed E-state index contributed by atoms with van der Waals surface area (Å²) >= 11 is 0. The van der Waals surface area contributed by atoms with Gasteiger partial charge in [0.25, 0.3) is 0 Å². The molecule has 1 heterocycles. The van der Waals surface area contributed by atoms with Gasteiger partial charge in [0, 0.05) is 30.4 Å². The summed E-state index contributed by atoms with van der Waals surface area (Å²) in [4.78, 5) is 13.3. The van der Waals surface area contributed by atoms with Gasteiger partial charge in [-0.25, -0.2) is 0 Å². The van der Waals surface area contributed by atoms with Crippen molar-refractivity contribution in [1.82, 2.24) is 0 Å². The lowest BCUT2D eigenvalue weighted by Crippen LogP contribution is -2.32. The highest BCUT2D eigenvalue weighted by Crippen LogP contribution is 2.33. The van der Waals surface area contributed by atoms with Gasteiger partial charge in [-0.05, 0) is 47.4 Å². The smallest absolute Gasteiger partial charge is 0.221 e. The number of amides is 1. The molecule has 1 aliphatic heterocycles. The average Bonchev–Trinajstić information content (AvgIpc) is 2.53. The summed E-state index contributed by atoms with van der Waals surface area (Å²) in [7, 11) is 0. The van der Waals surface area contributed by atoms with Crippen LogP contribution in [0, 0.1) is 0 Å². The van der Waals surface area contributed by atoms with Gasteiger partial charge in [-0.3, -0.25) is 4.79 Å². The number of carbonyl (C=O) groups excluding carboxylic acids is 1. The predicted molar refractivity (Wildman–Crippen MR) is 97.6 cm³/mol. The molecule has 4 nitrogen and oxygen atoms in total. The highest BCUT2D eigenvalue weighted by molar-refractivity contribution is 5.88. The molecule has 0 saturated heterocycles. The summed E-state index contributed by atoms with van der Waals surface area (Å²) in [5.74, 6) is 0.904. The molecule has 4 heteroatoms. The SMILES string of the molecule is CC(=O)Nc1ccc(N2COc3ccc(C(C)(C)C)cc3C2)cc1. The first-order valence-corrected chi connectivity index (χ1v) is 8.22. The van der Waals surface area contributed by atoms with Crippen molar-refractivity contribution in [3.63, 3.8) is 0 Å². The van der Waals surface area contributed by atoms with E-state index in [0.717, 1.165) is 23.7 Å². The first kappa shape index (κ1) is 16.4. The van der Waals surface area contributed by atoms with Crippen molar-refractivity contribution in [1.29, 1.82) is 0 Å². The molecular formula is C20H24N2O2. The molecule has 1 N–H and O–H groups in total. The number of anilines is 2. The molecule has 0 unspecified atom stereocenters. The molecule has 0 atom stereocenters. The van der Waals surface area contributed by atoms with E-state index >= 15 is 0 Å². The van der Waals surface area contributed by atoms with Crippen LogP contribution in [0.1, 0.15) is 38.8 Å². The lowest BCUT2D eigenvalue weighted by Gasteiger charge is -2.32. The minimum Gasteiger partial charge on any atom is -0.473 e. The van der Waals surface area contributed by atoms with Crippen molar-refractivity contribution in [2.75, 3.05) is 16.9 Å². The Hall–Kier alpha value is -2.49. The van der Waals surface area contributed by atoms with E-state index in [9.17, 15) is 4.79 Å². The largest absolute Gasteiger partial charge is 0.473 e. The molecule has 0 aliphatic carbocycles. The predicted octanol–water partition coefficient (Wildman–Crippen LogP) is 4.30. The second-order valence-electron chi connectivity index (χ2n) is 7.27. The van der Waals surface area contributed by atoms with Crippen LogP contribution in [0.4, 0.5) is 11.4 Å². The Morgan fingerprint density at radius 2 is 1.83 bits per heavy atom. The fourth-order valence-corrected chi connectivity index (χ4v) is 2.83. The molecule has 0 bridgehead atoms. The summed E-state index contributed by atoms with van der Waals surface area (Å²) in [6, 6.07) is 14.3. The Labute approximate surface area is 143 Å². The molecule has 0 fully saturated rings. The normalized spacial score (nSPS) is 13.9. The van der Waals surface area contributed by atoms with Crippen molar-refractivity contribution in [3.8, 4) is 5.75 Å². The number of hydrogen-bond acceptors (Lipinski definition) is 3. The van der Waals surface area contributed by atoms with E-state index in [2.05, 4.69) is 49.2 Å². The van der Waals surface area contributed by atoms with Gasteiger partial charge in [-0.15, -0.1) is 0 Å². The summed E-state index contributed by atoms with van der Waals surface area (Å²) in [6.07, 6.45) is 0. The number of nitrogens with one attached hydrogen (secondary N) is 1. The van der Waals surface area contributed by atoms with Crippen LogP contribution >= 0.6 is 0 Å². The van der Waals surface area contributed by atoms with Crippen LogP contribution in [0.15, 0.2) is 42.5 Å². The van der Waals surface area contributed by atoms with Gasteiger partial charge in [0.1, 0.15) is 5.75 Å². The number of benzene rings is 2. The van der Waals surface area contributed by atoms with Crippen LogP contribution in [-0.4, -0.2) is 12.6 Å². The third kappa shape index (κ3) is 3.53. The first-order valence-electron chi connectivity index (χ1n) is 8.22. The summed E-state index contributed by atoms with van der Waals surface area (Å²) < 4.78 is 5.91. The van der Waals surface area contributed by atoms with E-state index in [1.54, 1.807) is 0 Å². The molecule has 0 saturated carbocycles. The van der Waals surface area contributed by atoms with E-state index in [-0.39, 0.29) is 11.3 Å². The summed E-state index contributed by atoms with van der Waals surface area (Å²) in [5, 5.41) is 2.79. The minimum absolute atomic E-state index is 0.0623. The third-order valence-electron chi connectivity index (χ3n) is 4.22. The monoisotopic (exact) mass is 324 g/mol. The van der Waals surface area contributed by atoms with E-state index in [4.69, 9.17) is 4.74 Å². The Bertz CT molecular complexity index is 745. The zero-order valence-electron chi connectivity index (χ0n) is 14.7. The number of rotatable bonds is 2. The molecule has 126 valence electrons. The van der Waals surface area contributed by atoms with Gasteiger partial charge in [0.05, 0.1) is 0 Å². The van der Waals surface area contributed by atoms with Crippen molar-refractivity contribution in [2.24, 2.45) is 0 Å². The Morgan fingerprint density at radius 3 is 2.46 bits per heavy atom. The van der Waals surface area contributed by atoms with Crippen LogP contribution in [-0.2, 0) is 16.8 Å². The maximum absolute atomic E-state index is 11.1. The van der Waals surface area contributed by atoms with Crippen molar-refractivity contribution in [3.05, 3.63) is 53.6 Å². The summed E-state index contributed by atoms with van der Waals surface area (Å²) in [5.41, 5.74) is 4.53. The summed E-state index contributed by atoms with van der Waals surface area (Å²) in [6.45, 7) is 9.51. The van der Waals surface area contributed by atoms with Crippen molar-refractivity contribution >= 4 is 17.3 Å². The third-order valence-corrected chi connectivity index (χ3v) is 4.22. The number of ether oxygens (including phenoxy) is 1. The van der Waals surface area contributed by atoms with Gasteiger partial charge in [-0.1, -0.05) is 26.8 Å². The zero-order valence-corrected chi connectivity index (χ0v) is 14.7. The maximum Gasteiger partial charge on any atom is 0.221 e. The van der Waals surface area contributed by atoms with Crippen LogP contribution in [0.5, 0.6) is 5.75 Å². The van der Waals surface area contributed by atoms with Gasteiger partial charge in [0.2, 0.25) is 5.91 Å². The highest BCUT2D eigenvalue weighted by atomic mass is 16.5. The van der Waals surface area contributed by atoms with Crippen molar-refractivity contribution in [2.45, 2.75) is 39.7 Å². The molecule has 2 aromatic carbocycles. The van der Waals surface area contributed by atoms with Gasteiger partial charge in [0.15, 0.2) is 6.73 Å². The van der Waals surface area contributed by atoms with Crippen LogP contribution in [0.2, 0.25) is 0 Å². The molecule has 2 aromatic rings. The molecule has 1 aliphatic rings. The van der Waals surface area contributed by atoms with Gasteiger partial charge >= 0.3 is 0 Å². The Balaban J connectivity index is 1.80. The lowest BCUT2D eigenvalue weighted by atomic mass is 9.86. The number of nitrogens with zero attached hydrogens (tertiary/aromatic N) is 1. The van der Waals surface area contributed by atoms with Crippen molar-refractivity contribution < 1.29 is 9.53 Å². The van der Waals surface area contributed by atoms with Crippen LogP contribution < -0.4 is 15.0 Å². The van der Waals surface area contributed by atoms with Crippen LogP contribution in [0.3, 0.4) is 0 Å².